The first-order valence-corrected chi connectivity index (χ1v) is 6.87. The van der Waals surface area contributed by atoms with Crippen LogP contribution in [0.3, 0.4) is 0 Å². The number of ether oxygens (including phenoxy) is 1. The summed E-state index contributed by atoms with van der Waals surface area (Å²) in [5.41, 5.74) is 6.57. The van der Waals surface area contributed by atoms with Gasteiger partial charge in [-0.2, -0.15) is 0 Å². The number of rotatable bonds is 3. The molecule has 2 nitrogen and oxygen atoms in total. The van der Waals surface area contributed by atoms with Gasteiger partial charge in [0.25, 0.3) is 0 Å². The van der Waals surface area contributed by atoms with E-state index in [0.29, 0.717) is 10.0 Å². The van der Waals surface area contributed by atoms with Crippen LogP contribution in [-0.4, -0.2) is 6.36 Å². The Morgan fingerprint density at radius 3 is 2.58 bits per heavy atom. The van der Waals surface area contributed by atoms with E-state index in [0.717, 1.165) is 4.88 Å². The third-order valence-corrected chi connectivity index (χ3v) is 3.75. The van der Waals surface area contributed by atoms with Crippen LogP contribution in [0.25, 0.3) is 0 Å². The lowest BCUT2D eigenvalue weighted by Crippen LogP contribution is -2.18. The van der Waals surface area contributed by atoms with Crippen LogP contribution in [0.15, 0.2) is 40.2 Å². The van der Waals surface area contributed by atoms with Crippen molar-refractivity contribution >= 4 is 27.3 Å². The summed E-state index contributed by atoms with van der Waals surface area (Å²) < 4.78 is 41.0. The van der Waals surface area contributed by atoms with Gasteiger partial charge in [-0.05, 0) is 35.2 Å². The summed E-state index contributed by atoms with van der Waals surface area (Å²) in [5, 5.41) is 1.86. The van der Waals surface area contributed by atoms with Crippen molar-refractivity contribution in [2.24, 2.45) is 5.73 Å². The van der Waals surface area contributed by atoms with E-state index in [2.05, 4.69) is 20.7 Å². The average molecular weight is 352 g/mol. The molecule has 0 aliphatic rings. The van der Waals surface area contributed by atoms with Crippen LogP contribution < -0.4 is 10.5 Å². The van der Waals surface area contributed by atoms with Crippen LogP contribution in [0.1, 0.15) is 16.5 Å². The van der Waals surface area contributed by atoms with Crippen LogP contribution in [0.5, 0.6) is 5.75 Å². The number of thiophene rings is 1. The molecule has 0 saturated heterocycles. The van der Waals surface area contributed by atoms with Gasteiger partial charge in [-0.1, -0.05) is 22.0 Å². The van der Waals surface area contributed by atoms with Gasteiger partial charge in [0.05, 0.1) is 6.04 Å². The summed E-state index contributed by atoms with van der Waals surface area (Å²) in [6, 6.07) is 7.41. The third-order valence-electron chi connectivity index (χ3n) is 2.34. The lowest BCUT2D eigenvalue weighted by Gasteiger charge is -2.14. The van der Waals surface area contributed by atoms with Crippen LogP contribution in [0.2, 0.25) is 0 Å². The van der Waals surface area contributed by atoms with Crippen molar-refractivity contribution in [1.82, 2.24) is 0 Å². The van der Waals surface area contributed by atoms with Crippen molar-refractivity contribution in [2.75, 3.05) is 0 Å². The molecule has 0 aliphatic heterocycles. The Balaban J connectivity index is 2.31. The normalized spacial score (nSPS) is 13.3. The average Bonchev–Trinajstić information content (AvgIpc) is 2.77. The summed E-state index contributed by atoms with van der Waals surface area (Å²) in [7, 11) is 0. The van der Waals surface area contributed by atoms with E-state index in [1.807, 2.05) is 17.5 Å². The zero-order valence-electron chi connectivity index (χ0n) is 9.45. The van der Waals surface area contributed by atoms with Crippen LogP contribution >= 0.6 is 27.3 Å². The van der Waals surface area contributed by atoms with Crippen molar-refractivity contribution in [3.05, 3.63) is 50.6 Å². The van der Waals surface area contributed by atoms with E-state index in [-0.39, 0.29) is 5.75 Å². The van der Waals surface area contributed by atoms with Crippen molar-refractivity contribution < 1.29 is 17.9 Å². The van der Waals surface area contributed by atoms with Crippen LogP contribution in [0.4, 0.5) is 13.2 Å². The second kappa shape index (κ2) is 5.52. The van der Waals surface area contributed by atoms with E-state index in [9.17, 15) is 13.2 Å². The highest BCUT2D eigenvalue weighted by molar-refractivity contribution is 9.10. The van der Waals surface area contributed by atoms with Crippen molar-refractivity contribution in [3.8, 4) is 5.75 Å². The highest BCUT2D eigenvalue weighted by atomic mass is 79.9. The molecule has 1 heterocycles. The van der Waals surface area contributed by atoms with Gasteiger partial charge in [0.2, 0.25) is 0 Å². The Morgan fingerprint density at radius 1 is 1.26 bits per heavy atom. The molecule has 0 amide bonds. The fraction of sp³-hybridized carbons (Fsp3) is 0.167. The zero-order valence-corrected chi connectivity index (χ0v) is 11.8. The molecule has 0 bridgehead atoms. The molecule has 0 radical (unpaired) electrons. The summed E-state index contributed by atoms with van der Waals surface area (Å²) in [6.45, 7) is 0. The third kappa shape index (κ3) is 3.95. The topological polar surface area (TPSA) is 35.2 Å². The van der Waals surface area contributed by atoms with Gasteiger partial charge in [0.1, 0.15) is 5.75 Å². The Labute approximate surface area is 120 Å². The molecule has 2 N–H and O–H groups in total. The number of benzene rings is 1. The quantitative estimate of drug-likeness (QED) is 0.885. The molecular weight excluding hydrogens is 343 g/mol. The first-order chi connectivity index (χ1) is 8.85. The molecule has 1 atom stereocenters. The maximum Gasteiger partial charge on any atom is 0.573 e. The van der Waals surface area contributed by atoms with Gasteiger partial charge < -0.3 is 10.5 Å². The van der Waals surface area contributed by atoms with Gasteiger partial charge >= 0.3 is 6.36 Å². The minimum absolute atomic E-state index is 0.288. The molecule has 2 rings (SSSR count). The highest BCUT2D eigenvalue weighted by Gasteiger charge is 2.31. The fourth-order valence-corrected chi connectivity index (χ4v) is 2.83. The molecule has 0 fully saturated rings. The second-order valence-electron chi connectivity index (χ2n) is 3.76. The molecule has 0 unspecified atom stereocenters. The highest BCUT2D eigenvalue weighted by Crippen LogP contribution is 2.32. The summed E-state index contributed by atoms with van der Waals surface area (Å²) >= 11 is 4.60. The van der Waals surface area contributed by atoms with E-state index < -0.39 is 12.4 Å². The standard InChI is InChI=1S/C12H9BrF3NOS/c13-8-4-7(11(17)10-2-1-3-19-10)5-9(6-8)18-12(14,15)16/h1-6,11H,17H2/t11-/m0/s1. The van der Waals surface area contributed by atoms with Gasteiger partial charge in [-0.3, -0.25) is 0 Å². The predicted octanol–water partition coefficient (Wildman–Crippen LogP) is 4.46. The number of hydrogen-bond acceptors (Lipinski definition) is 3. The second-order valence-corrected chi connectivity index (χ2v) is 5.66. The number of hydrogen-bond donors (Lipinski definition) is 1. The van der Waals surface area contributed by atoms with Crippen molar-refractivity contribution in [1.29, 1.82) is 0 Å². The van der Waals surface area contributed by atoms with E-state index >= 15 is 0 Å². The monoisotopic (exact) mass is 351 g/mol. The van der Waals surface area contributed by atoms with E-state index in [1.165, 1.54) is 23.5 Å². The lowest BCUT2D eigenvalue weighted by molar-refractivity contribution is -0.274. The molecule has 19 heavy (non-hydrogen) atoms. The molecular formula is C12H9BrF3NOS. The van der Waals surface area contributed by atoms with Crippen LogP contribution in [-0.2, 0) is 0 Å². The molecule has 0 aliphatic carbocycles. The lowest BCUT2D eigenvalue weighted by atomic mass is 10.1. The van der Waals surface area contributed by atoms with Gasteiger partial charge in [-0.15, -0.1) is 24.5 Å². The zero-order chi connectivity index (χ0) is 14.0. The Morgan fingerprint density at radius 2 is 2.00 bits per heavy atom. The summed E-state index contributed by atoms with van der Waals surface area (Å²) in [6.07, 6.45) is -4.72. The molecule has 0 saturated carbocycles. The molecule has 0 spiro atoms. The Hall–Kier alpha value is -1.05. The van der Waals surface area contributed by atoms with Gasteiger partial charge in [-0.25, -0.2) is 0 Å². The molecule has 102 valence electrons. The molecule has 1 aromatic heterocycles. The summed E-state index contributed by atoms with van der Waals surface area (Å²) in [4.78, 5) is 0.871. The Bertz CT molecular complexity index is 557. The minimum atomic E-state index is -4.72. The van der Waals surface area contributed by atoms with Gasteiger partial charge in [0.15, 0.2) is 0 Å². The van der Waals surface area contributed by atoms with E-state index in [1.54, 1.807) is 6.07 Å². The molecule has 7 heteroatoms. The largest absolute Gasteiger partial charge is 0.573 e. The van der Waals surface area contributed by atoms with E-state index in [4.69, 9.17) is 5.73 Å². The molecule has 2 aromatic rings. The molecule has 1 aromatic carbocycles. The summed E-state index contributed by atoms with van der Waals surface area (Å²) in [5.74, 6) is -0.288. The van der Waals surface area contributed by atoms with Crippen LogP contribution in [0, 0.1) is 0 Å². The predicted molar refractivity (Wildman–Crippen MR) is 71.2 cm³/mol. The SMILES string of the molecule is N[C@@H](c1cc(Br)cc(OC(F)(F)F)c1)c1cccs1. The first kappa shape index (κ1) is 14.4. The number of halogens is 4. The maximum absolute atomic E-state index is 12.2. The number of nitrogens with two attached hydrogens (primary N) is 1. The van der Waals surface area contributed by atoms with Crippen molar-refractivity contribution in [3.63, 3.8) is 0 Å². The minimum Gasteiger partial charge on any atom is -0.406 e. The van der Waals surface area contributed by atoms with Gasteiger partial charge in [0, 0.05) is 9.35 Å². The van der Waals surface area contributed by atoms with Crippen molar-refractivity contribution in [2.45, 2.75) is 12.4 Å². The maximum atomic E-state index is 12.2. The Kier molecular flexibility index (Phi) is 4.17. The number of alkyl halides is 3. The first-order valence-electron chi connectivity index (χ1n) is 5.20. The smallest absolute Gasteiger partial charge is 0.406 e. The fourth-order valence-electron chi connectivity index (χ4n) is 1.59.